The first kappa shape index (κ1) is 8.75. The Morgan fingerprint density at radius 1 is 1.69 bits per heavy atom. The molecule has 3 nitrogen and oxygen atoms in total. The molecule has 0 radical (unpaired) electrons. The lowest BCUT2D eigenvalue weighted by Gasteiger charge is -2.33. The molecule has 1 aliphatic rings. The first-order valence-corrected chi connectivity index (χ1v) is 4.75. The van der Waals surface area contributed by atoms with Crippen molar-refractivity contribution in [2.24, 2.45) is 11.1 Å². The van der Waals surface area contributed by atoms with Crippen LogP contribution >= 0.6 is 0 Å². The molecule has 0 saturated heterocycles. The lowest BCUT2D eigenvalue weighted by atomic mass is 9.72. The third-order valence-corrected chi connectivity index (χ3v) is 2.81. The van der Waals surface area contributed by atoms with E-state index in [0.29, 0.717) is 17.9 Å². The van der Waals surface area contributed by atoms with E-state index in [9.17, 15) is 0 Å². The number of hydrogen-bond acceptors (Lipinski definition) is 3. The van der Waals surface area contributed by atoms with Crippen molar-refractivity contribution in [3.63, 3.8) is 0 Å². The number of aromatic nitrogens is 1. The van der Waals surface area contributed by atoms with Gasteiger partial charge in [0.25, 0.3) is 0 Å². The van der Waals surface area contributed by atoms with Gasteiger partial charge in [-0.1, -0.05) is 19.0 Å². The second-order valence-corrected chi connectivity index (χ2v) is 4.70. The Morgan fingerprint density at radius 3 is 3.15 bits per heavy atom. The Kier molecular flexibility index (Phi) is 1.91. The minimum atomic E-state index is 0.336. The van der Waals surface area contributed by atoms with E-state index in [2.05, 4.69) is 19.0 Å². The summed E-state index contributed by atoms with van der Waals surface area (Å²) in [6.45, 7) is 5.21. The third kappa shape index (κ3) is 1.48. The van der Waals surface area contributed by atoms with Gasteiger partial charge in [-0.3, -0.25) is 0 Å². The third-order valence-electron chi connectivity index (χ3n) is 2.81. The van der Waals surface area contributed by atoms with Crippen molar-refractivity contribution in [1.29, 1.82) is 0 Å². The summed E-state index contributed by atoms with van der Waals surface area (Å²) in [5.41, 5.74) is 8.38. The Morgan fingerprint density at radius 2 is 2.46 bits per heavy atom. The lowest BCUT2D eigenvalue weighted by molar-refractivity contribution is 0.279. The highest BCUT2D eigenvalue weighted by Gasteiger charge is 2.33. The number of rotatable bonds is 1. The van der Waals surface area contributed by atoms with E-state index in [1.165, 1.54) is 5.56 Å². The van der Waals surface area contributed by atoms with Gasteiger partial charge in [-0.15, -0.1) is 0 Å². The van der Waals surface area contributed by atoms with Gasteiger partial charge in [0, 0.05) is 18.0 Å². The number of nitrogens with two attached hydrogens (primary N) is 1. The van der Waals surface area contributed by atoms with Crippen LogP contribution in [0, 0.1) is 5.41 Å². The maximum atomic E-state index is 5.72. The Balaban J connectivity index is 2.36. The van der Waals surface area contributed by atoms with Crippen LogP contribution < -0.4 is 5.73 Å². The van der Waals surface area contributed by atoms with E-state index in [1.807, 2.05) is 0 Å². The molecule has 13 heavy (non-hydrogen) atoms. The summed E-state index contributed by atoms with van der Waals surface area (Å²) < 4.78 is 4.99. The van der Waals surface area contributed by atoms with Crippen LogP contribution in [0.5, 0.6) is 0 Å². The largest absolute Gasteiger partial charge is 0.364 e. The molecule has 1 aromatic heterocycles. The molecule has 72 valence electrons. The second-order valence-electron chi connectivity index (χ2n) is 4.70. The van der Waals surface area contributed by atoms with Crippen molar-refractivity contribution in [2.75, 3.05) is 6.54 Å². The zero-order valence-corrected chi connectivity index (χ0v) is 8.21. The fourth-order valence-corrected chi connectivity index (χ4v) is 2.28. The van der Waals surface area contributed by atoms with Crippen LogP contribution in [0.25, 0.3) is 0 Å². The molecule has 3 heteroatoms. The Labute approximate surface area is 78.3 Å². The van der Waals surface area contributed by atoms with Crippen LogP contribution in [-0.4, -0.2) is 11.7 Å². The van der Waals surface area contributed by atoms with Gasteiger partial charge in [0.15, 0.2) is 0 Å². The minimum Gasteiger partial charge on any atom is -0.364 e. The fourth-order valence-electron chi connectivity index (χ4n) is 2.28. The molecule has 0 saturated carbocycles. The molecule has 0 fully saturated rings. The number of nitrogens with zero attached hydrogens (tertiary/aromatic N) is 1. The van der Waals surface area contributed by atoms with Crippen LogP contribution in [0.3, 0.4) is 0 Å². The maximum Gasteiger partial charge on any atom is 0.127 e. The van der Waals surface area contributed by atoms with Gasteiger partial charge < -0.3 is 10.3 Å². The molecular formula is C10H16N2O. The van der Waals surface area contributed by atoms with Gasteiger partial charge in [0.2, 0.25) is 0 Å². The molecule has 1 atom stereocenters. The Bertz CT molecular complexity index is 304. The summed E-state index contributed by atoms with van der Waals surface area (Å²) in [7, 11) is 0. The zero-order chi connectivity index (χ0) is 9.47. The van der Waals surface area contributed by atoms with Gasteiger partial charge in [-0.2, -0.15) is 0 Å². The van der Waals surface area contributed by atoms with Gasteiger partial charge in [0.1, 0.15) is 6.26 Å². The van der Waals surface area contributed by atoms with E-state index in [1.54, 1.807) is 6.26 Å². The summed E-state index contributed by atoms with van der Waals surface area (Å²) in [5, 5.41) is 4.02. The molecule has 0 aliphatic heterocycles. The van der Waals surface area contributed by atoms with Crippen LogP contribution in [-0.2, 0) is 6.42 Å². The van der Waals surface area contributed by atoms with Crippen molar-refractivity contribution < 1.29 is 4.52 Å². The quantitative estimate of drug-likeness (QED) is 0.715. The SMILES string of the molecule is CC1(C)Cc2conc2C(CN)C1. The highest BCUT2D eigenvalue weighted by molar-refractivity contribution is 5.24. The average Bonchev–Trinajstić information content (AvgIpc) is 2.48. The van der Waals surface area contributed by atoms with Crippen molar-refractivity contribution in [1.82, 2.24) is 5.16 Å². The standard InChI is InChI=1S/C10H16N2O/c1-10(2)3-7(5-11)9-8(4-10)6-13-12-9/h6-7H,3-5,11H2,1-2H3. The fraction of sp³-hybridized carbons (Fsp3) is 0.700. The zero-order valence-electron chi connectivity index (χ0n) is 8.21. The van der Waals surface area contributed by atoms with Crippen LogP contribution in [0.4, 0.5) is 0 Å². The summed E-state index contributed by atoms with van der Waals surface area (Å²) in [4.78, 5) is 0. The molecule has 1 unspecified atom stereocenters. The molecule has 0 bridgehead atoms. The van der Waals surface area contributed by atoms with Crippen molar-refractivity contribution >= 4 is 0 Å². The minimum absolute atomic E-state index is 0.336. The maximum absolute atomic E-state index is 5.72. The summed E-state index contributed by atoms with van der Waals surface area (Å²) in [6.07, 6.45) is 3.93. The monoisotopic (exact) mass is 180 g/mol. The molecule has 2 N–H and O–H groups in total. The summed E-state index contributed by atoms with van der Waals surface area (Å²) in [6, 6.07) is 0. The van der Waals surface area contributed by atoms with Crippen LogP contribution in [0.2, 0.25) is 0 Å². The van der Waals surface area contributed by atoms with Crippen molar-refractivity contribution in [2.45, 2.75) is 32.6 Å². The van der Waals surface area contributed by atoms with Crippen molar-refractivity contribution in [3.05, 3.63) is 17.5 Å². The predicted octanol–water partition coefficient (Wildman–Crippen LogP) is 1.69. The molecule has 1 heterocycles. The van der Waals surface area contributed by atoms with E-state index < -0.39 is 0 Å². The van der Waals surface area contributed by atoms with E-state index in [4.69, 9.17) is 10.3 Å². The second kappa shape index (κ2) is 2.84. The van der Waals surface area contributed by atoms with E-state index in [-0.39, 0.29) is 0 Å². The first-order valence-electron chi connectivity index (χ1n) is 4.75. The number of fused-ring (bicyclic) bond motifs is 1. The summed E-state index contributed by atoms with van der Waals surface area (Å²) >= 11 is 0. The normalized spacial score (nSPS) is 25.6. The van der Waals surface area contributed by atoms with Gasteiger partial charge >= 0.3 is 0 Å². The van der Waals surface area contributed by atoms with Gasteiger partial charge in [0.05, 0.1) is 5.69 Å². The Hall–Kier alpha value is -0.830. The molecule has 2 rings (SSSR count). The highest BCUT2D eigenvalue weighted by Crippen LogP contribution is 2.40. The molecule has 0 aromatic carbocycles. The van der Waals surface area contributed by atoms with Crippen molar-refractivity contribution in [3.8, 4) is 0 Å². The van der Waals surface area contributed by atoms with Crippen LogP contribution in [0.15, 0.2) is 10.8 Å². The molecule has 0 spiro atoms. The van der Waals surface area contributed by atoms with Gasteiger partial charge in [-0.25, -0.2) is 0 Å². The van der Waals surface area contributed by atoms with Crippen LogP contribution in [0.1, 0.15) is 37.4 Å². The van der Waals surface area contributed by atoms with Gasteiger partial charge in [-0.05, 0) is 18.3 Å². The van der Waals surface area contributed by atoms with E-state index in [0.717, 1.165) is 18.5 Å². The summed E-state index contributed by atoms with van der Waals surface area (Å²) in [5.74, 6) is 0.387. The lowest BCUT2D eigenvalue weighted by Crippen LogP contribution is -2.29. The topological polar surface area (TPSA) is 52.0 Å². The van der Waals surface area contributed by atoms with E-state index >= 15 is 0 Å². The number of hydrogen-bond donors (Lipinski definition) is 1. The smallest absolute Gasteiger partial charge is 0.127 e. The predicted molar refractivity (Wildman–Crippen MR) is 50.4 cm³/mol. The first-order chi connectivity index (χ1) is 6.12. The molecular weight excluding hydrogens is 164 g/mol. The average molecular weight is 180 g/mol. The molecule has 0 amide bonds. The molecule has 1 aromatic rings. The highest BCUT2D eigenvalue weighted by atomic mass is 16.5. The molecule has 1 aliphatic carbocycles.